The van der Waals surface area contributed by atoms with Crippen LogP contribution in [0.25, 0.3) is 10.4 Å². The second kappa shape index (κ2) is 10.4. The Bertz CT molecular complexity index is 895. The molecule has 1 aromatic carbocycles. The van der Waals surface area contributed by atoms with Gasteiger partial charge in [0.05, 0.1) is 25.2 Å². The Labute approximate surface area is 187 Å². The zero-order chi connectivity index (χ0) is 19.3. The number of nitrogens with zero attached hydrogens (tertiary/aromatic N) is 1. The molecule has 0 bridgehead atoms. The molecule has 2 aromatic rings. The number of nitrogens with one attached hydrogen (secondary N) is 2. The van der Waals surface area contributed by atoms with Gasteiger partial charge in [-0.3, -0.25) is 0 Å². The van der Waals surface area contributed by atoms with Crippen LogP contribution in [-0.2, 0) is 16.4 Å². The maximum atomic E-state index is 11.6. The lowest BCUT2D eigenvalue weighted by molar-refractivity contribution is 0.415. The monoisotopic (exact) mass is 535 g/mol. The summed E-state index contributed by atoms with van der Waals surface area (Å²) in [5, 5.41) is 6.44. The van der Waals surface area contributed by atoms with Gasteiger partial charge in [-0.25, -0.2) is 13.4 Å². The van der Waals surface area contributed by atoms with Gasteiger partial charge >= 0.3 is 0 Å². The van der Waals surface area contributed by atoms with Gasteiger partial charge in [-0.2, -0.15) is 0 Å². The van der Waals surface area contributed by atoms with E-state index in [1.807, 2.05) is 31.2 Å². The van der Waals surface area contributed by atoms with Crippen molar-refractivity contribution in [2.24, 2.45) is 4.99 Å². The summed E-state index contributed by atoms with van der Waals surface area (Å²) in [5.41, 5.74) is 1.15. The van der Waals surface area contributed by atoms with Gasteiger partial charge in [-0.05, 0) is 55.3 Å². The van der Waals surface area contributed by atoms with Crippen LogP contribution >= 0.6 is 35.3 Å². The fourth-order valence-electron chi connectivity index (χ4n) is 2.95. The summed E-state index contributed by atoms with van der Waals surface area (Å²) in [6.07, 6.45) is 0.632. The Morgan fingerprint density at radius 3 is 2.61 bits per heavy atom. The molecular weight excluding hydrogens is 509 g/mol. The van der Waals surface area contributed by atoms with Crippen LogP contribution < -0.4 is 15.4 Å². The first-order valence-electron chi connectivity index (χ1n) is 8.97. The van der Waals surface area contributed by atoms with Crippen LogP contribution in [0, 0.1) is 0 Å². The van der Waals surface area contributed by atoms with Crippen molar-refractivity contribution < 1.29 is 13.2 Å². The van der Waals surface area contributed by atoms with Crippen molar-refractivity contribution in [1.29, 1.82) is 0 Å². The Hall–Kier alpha value is -1.33. The topological polar surface area (TPSA) is 79.8 Å². The molecule has 1 unspecified atom stereocenters. The molecule has 0 spiro atoms. The number of thiophene rings is 1. The lowest BCUT2D eigenvalue weighted by Gasteiger charge is -2.15. The van der Waals surface area contributed by atoms with Gasteiger partial charge in [0.2, 0.25) is 0 Å². The highest BCUT2D eigenvalue weighted by atomic mass is 127. The molecule has 1 saturated heterocycles. The number of rotatable bonds is 6. The van der Waals surface area contributed by atoms with Crippen molar-refractivity contribution in [3.63, 3.8) is 0 Å². The van der Waals surface area contributed by atoms with Gasteiger partial charge in [-0.15, -0.1) is 35.3 Å². The Morgan fingerprint density at radius 1 is 1.25 bits per heavy atom. The molecular formula is C19H26IN3O3S2. The first-order chi connectivity index (χ1) is 13.0. The molecule has 1 fully saturated rings. The lowest BCUT2D eigenvalue weighted by Crippen LogP contribution is -2.44. The van der Waals surface area contributed by atoms with E-state index in [2.05, 4.69) is 27.8 Å². The first-order valence-corrected chi connectivity index (χ1v) is 11.6. The molecule has 0 amide bonds. The fourth-order valence-corrected chi connectivity index (χ4v) is 5.56. The number of sulfone groups is 1. The minimum atomic E-state index is -2.91. The van der Waals surface area contributed by atoms with Gasteiger partial charge in [0, 0.05) is 22.3 Å². The normalized spacial score (nSPS) is 18.4. The highest BCUT2D eigenvalue weighted by Gasteiger charge is 2.28. The Morgan fingerprint density at radius 2 is 2.00 bits per heavy atom. The summed E-state index contributed by atoms with van der Waals surface area (Å²) >= 11 is 1.70. The van der Waals surface area contributed by atoms with Crippen molar-refractivity contribution in [2.45, 2.75) is 25.9 Å². The minimum Gasteiger partial charge on any atom is -0.497 e. The van der Waals surface area contributed by atoms with E-state index in [9.17, 15) is 8.42 Å². The molecule has 2 N–H and O–H groups in total. The van der Waals surface area contributed by atoms with Crippen LogP contribution in [-0.4, -0.2) is 45.6 Å². The van der Waals surface area contributed by atoms with Gasteiger partial charge in [0.15, 0.2) is 15.8 Å². The Balaban J connectivity index is 0.00000280. The number of guanidine groups is 1. The highest BCUT2D eigenvalue weighted by molar-refractivity contribution is 14.0. The van der Waals surface area contributed by atoms with E-state index in [0.29, 0.717) is 18.9 Å². The molecule has 6 nitrogen and oxygen atoms in total. The average Bonchev–Trinajstić information content (AvgIpc) is 3.26. The smallest absolute Gasteiger partial charge is 0.191 e. The third kappa shape index (κ3) is 6.35. The molecule has 1 atom stereocenters. The molecule has 0 saturated carbocycles. The van der Waals surface area contributed by atoms with E-state index in [4.69, 9.17) is 4.74 Å². The number of hydrogen-bond acceptors (Lipinski definition) is 5. The van der Waals surface area contributed by atoms with E-state index in [1.165, 1.54) is 4.88 Å². The molecule has 1 aliphatic heterocycles. The van der Waals surface area contributed by atoms with Crippen LogP contribution in [0.2, 0.25) is 0 Å². The zero-order valence-electron chi connectivity index (χ0n) is 16.0. The number of ether oxygens (including phenoxy) is 1. The molecule has 9 heteroatoms. The maximum absolute atomic E-state index is 11.6. The first kappa shape index (κ1) is 23.0. The highest BCUT2D eigenvalue weighted by Crippen LogP contribution is 2.29. The summed E-state index contributed by atoms with van der Waals surface area (Å²) in [4.78, 5) is 6.95. The van der Waals surface area contributed by atoms with Crippen molar-refractivity contribution in [3.05, 3.63) is 41.3 Å². The number of hydrogen-bond donors (Lipinski definition) is 2. The minimum absolute atomic E-state index is 0. The van der Waals surface area contributed by atoms with Gasteiger partial charge in [0.25, 0.3) is 0 Å². The summed E-state index contributed by atoms with van der Waals surface area (Å²) < 4.78 is 28.5. The van der Waals surface area contributed by atoms with Gasteiger partial charge < -0.3 is 15.4 Å². The molecule has 28 heavy (non-hydrogen) atoms. The lowest BCUT2D eigenvalue weighted by atomic mass is 10.2. The third-order valence-corrected chi connectivity index (χ3v) is 7.23. The van der Waals surface area contributed by atoms with Crippen LogP contribution in [0.5, 0.6) is 5.75 Å². The van der Waals surface area contributed by atoms with E-state index < -0.39 is 9.84 Å². The summed E-state index contributed by atoms with van der Waals surface area (Å²) in [6, 6.07) is 12.1. The van der Waals surface area contributed by atoms with Gasteiger partial charge in [-0.1, -0.05) is 0 Å². The van der Waals surface area contributed by atoms with E-state index in [1.54, 1.807) is 18.4 Å². The van der Waals surface area contributed by atoms with Crippen LogP contribution in [0.4, 0.5) is 0 Å². The van der Waals surface area contributed by atoms with Crippen molar-refractivity contribution in [2.75, 3.05) is 25.2 Å². The second-order valence-electron chi connectivity index (χ2n) is 6.43. The molecule has 0 aliphatic carbocycles. The second-order valence-corrected chi connectivity index (χ2v) is 9.83. The molecule has 154 valence electrons. The quantitative estimate of drug-likeness (QED) is 0.337. The number of benzene rings is 1. The summed E-state index contributed by atoms with van der Waals surface area (Å²) in [7, 11) is -1.25. The summed E-state index contributed by atoms with van der Waals surface area (Å²) in [6.45, 7) is 3.28. The molecule has 1 aromatic heterocycles. The maximum Gasteiger partial charge on any atom is 0.191 e. The SMILES string of the molecule is CCNC(=NCc1ccc(-c2ccc(OC)cc2)s1)NC1CCS(=O)(=O)C1.I. The average molecular weight is 535 g/mol. The predicted molar refractivity (Wildman–Crippen MR) is 127 cm³/mol. The van der Waals surface area contributed by atoms with Crippen molar-refractivity contribution in [3.8, 4) is 16.2 Å². The standard InChI is InChI=1S/C19H25N3O3S2.HI/c1-3-20-19(22-15-10-11-27(23,24)13-15)21-12-17-8-9-18(26-17)14-4-6-16(25-2)7-5-14;/h4-9,15H,3,10-13H2,1-2H3,(H2,20,21,22);1H. The number of halogens is 1. The van der Waals surface area contributed by atoms with Gasteiger partial charge in [0.1, 0.15) is 5.75 Å². The van der Waals surface area contributed by atoms with Crippen molar-refractivity contribution >= 4 is 51.1 Å². The van der Waals surface area contributed by atoms with E-state index in [0.717, 1.165) is 22.7 Å². The third-order valence-electron chi connectivity index (χ3n) is 4.35. The summed E-state index contributed by atoms with van der Waals surface area (Å²) in [5.74, 6) is 1.94. The van der Waals surface area contributed by atoms with Crippen LogP contribution in [0.1, 0.15) is 18.2 Å². The van der Waals surface area contributed by atoms with Crippen LogP contribution in [0.15, 0.2) is 41.4 Å². The number of aliphatic imine (C=N–C) groups is 1. The van der Waals surface area contributed by atoms with E-state index >= 15 is 0 Å². The molecule has 3 rings (SSSR count). The van der Waals surface area contributed by atoms with E-state index in [-0.39, 0.29) is 41.5 Å². The predicted octanol–water partition coefficient (Wildman–Crippen LogP) is 3.28. The van der Waals surface area contributed by atoms with Crippen molar-refractivity contribution in [1.82, 2.24) is 10.6 Å². The largest absolute Gasteiger partial charge is 0.497 e. The zero-order valence-corrected chi connectivity index (χ0v) is 19.9. The molecule has 2 heterocycles. The Kier molecular flexibility index (Phi) is 8.56. The molecule has 1 aliphatic rings. The molecule has 0 radical (unpaired) electrons. The number of methoxy groups -OCH3 is 1. The van der Waals surface area contributed by atoms with Crippen LogP contribution in [0.3, 0.4) is 0 Å². The fraction of sp³-hybridized carbons (Fsp3) is 0.421.